The van der Waals surface area contributed by atoms with Gasteiger partial charge in [-0.2, -0.15) is 0 Å². The molecule has 0 aliphatic heterocycles. The summed E-state index contributed by atoms with van der Waals surface area (Å²) in [5, 5.41) is 5.30. The summed E-state index contributed by atoms with van der Waals surface area (Å²) in [6, 6.07) is 5.95. The average Bonchev–Trinajstić information content (AvgIpc) is 2.32. The molecule has 2 rings (SSSR count). The van der Waals surface area contributed by atoms with E-state index in [1.54, 1.807) is 18.6 Å². The number of hydrogen-bond acceptors (Lipinski definition) is 4. The number of nitrogens with zero attached hydrogens (tertiary/aromatic N) is 1. The number of nitrogens with one attached hydrogen (secondary N) is 1. The van der Waals surface area contributed by atoms with Crippen LogP contribution in [0.1, 0.15) is 6.92 Å². The lowest BCUT2D eigenvalue weighted by molar-refractivity contribution is 0.683. The Morgan fingerprint density at radius 1 is 1.44 bits per heavy atom. The first kappa shape index (κ1) is 12.8. The second kappa shape index (κ2) is 5.35. The van der Waals surface area contributed by atoms with Crippen molar-refractivity contribution in [1.29, 1.82) is 0 Å². The van der Waals surface area contributed by atoms with Gasteiger partial charge in [0.25, 0.3) is 0 Å². The average molecular weight is 263 g/mol. The largest absolute Gasteiger partial charge is 0.397 e. The van der Waals surface area contributed by atoms with Crippen LogP contribution in [0.2, 0.25) is 0 Å². The molecule has 1 heterocycles. The molecule has 0 radical (unpaired) electrons. The summed E-state index contributed by atoms with van der Waals surface area (Å²) in [4.78, 5) is 4.07. The predicted octanol–water partition coefficient (Wildman–Crippen LogP) is 2.00. The van der Waals surface area contributed by atoms with Crippen LogP contribution in [0.15, 0.2) is 30.6 Å². The van der Waals surface area contributed by atoms with Gasteiger partial charge < -0.3 is 11.1 Å². The highest BCUT2D eigenvalue weighted by atomic mass is 32.2. The number of hydrogen-bond donors (Lipinski definition) is 2. The van der Waals surface area contributed by atoms with Gasteiger partial charge in [0.15, 0.2) is 0 Å². The van der Waals surface area contributed by atoms with Crippen molar-refractivity contribution in [3.05, 3.63) is 30.6 Å². The Hall–Kier alpha value is -1.62. The van der Waals surface area contributed by atoms with Crippen molar-refractivity contribution in [2.45, 2.75) is 13.0 Å². The van der Waals surface area contributed by atoms with Crippen LogP contribution in [0.3, 0.4) is 0 Å². The highest BCUT2D eigenvalue weighted by molar-refractivity contribution is 7.84. The first-order valence-corrected chi connectivity index (χ1v) is 7.49. The van der Waals surface area contributed by atoms with Crippen LogP contribution in [0.5, 0.6) is 0 Å². The molecule has 96 valence electrons. The van der Waals surface area contributed by atoms with Gasteiger partial charge >= 0.3 is 0 Å². The van der Waals surface area contributed by atoms with Crippen LogP contribution >= 0.6 is 0 Å². The van der Waals surface area contributed by atoms with Gasteiger partial charge in [-0.15, -0.1) is 0 Å². The zero-order valence-corrected chi connectivity index (χ0v) is 11.3. The van der Waals surface area contributed by atoms with E-state index in [2.05, 4.69) is 10.3 Å². The van der Waals surface area contributed by atoms with Crippen LogP contribution in [-0.4, -0.2) is 27.2 Å². The summed E-state index contributed by atoms with van der Waals surface area (Å²) in [6.45, 7) is 2.00. The fourth-order valence-corrected chi connectivity index (χ4v) is 2.77. The number of pyridine rings is 1. The second-order valence-corrected chi connectivity index (χ2v) is 5.89. The SMILES string of the molecule is CC(CS(C)=O)Nc1ccc2cnccc2c1N. The van der Waals surface area contributed by atoms with E-state index >= 15 is 0 Å². The minimum atomic E-state index is -0.816. The van der Waals surface area contributed by atoms with Crippen molar-refractivity contribution in [3.8, 4) is 0 Å². The van der Waals surface area contributed by atoms with Crippen LogP contribution < -0.4 is 11.1 Å². The Morgan fingerprint density at radius 3 is 2.94 bits per heavy atom. The van der Waals surface area contributed by atoms with E-state index in [1.807, 2.05) is 25.1 Å². The third-order valence-corrected chi connectivity index (χ3v) is 3.72. The molecule has 2 unspecified atom stereocenters. The molecule has 0 saturated carbocycles. The summed E-state index contributed by atoms with van der Waals surface area (Å²) in [5.74, 6) is 0.605. The molecule has 3 N–H and O–H groups in total. The van der Waals surface area contributed by atoms with Gasteiger partial charge in [-0.1, -0.05) is 6.07 Å². The van der Waals surface area contributed by atoms with Crippen molar-refractivity contribution in [3.63, 3.8) is 0 Å². The molecular weight excluding hydrogens is 246 g/mol. The Kier molecular flexibility index (Phi) is 3.81. The number of nitrogen functional groups attached to an aromatic ring is 1. The molecule has 0 bridgehead atoms. The standard InChI is InChI=1S/C13H17N3OS/c1-9(8-18(2)17)16-12-4-3-10-7-15-6-5-11(10)13(12)14/h3-7,9,16H,8,14H2,1-2H3. The molecule has 0 aliphatic rings. The molecule has 0 spiro atoms. The fourth-order valence-electron chi connectivity index (χ4n) is 1.98. The zero-order valence-electron chi connectivity index (χ0n) is 10.5. The van der Waals surface area contributed by atoms with Gasteiger partial charge in [0, 0.05) is 52.0 Å². The molecule has 18 heavy (non-hydrogen) atoms. The van der Waals surface area contributed by atoms with E-state index in [1.165, 1.54) is 0 Å². The maximum absolute atomic E-state index is 11.2. The summed E-state index contributed by atoms with van der Waals surface area (Å²) < 4.78 is 11.2. The molecule has 4 nitrogen and oxygen atoms in total. The normalized spacial score (nSPS) is 14.3. The monoisotopic (exact) mass is 263 g/mol. The lowest BCUT2D eigenvalue weighted by Crippen LogP contribution is -2.22. The summed E-state index contributed by atoms with van der Waals surface area (Å²) in [7, 11) is -0.816. The Labute approximate surface area is 109 Å². The third-order valence-electron chi connectivity index (χ3n) is 2.75. The summed E-state index contributed by atoms with van der Waals surface area (Å²) in [6.07, 6.45) is 5.22. The lowest BCUT2D eigenvalue weighted by Gasteiger charge is -2.16. The number of fused-ring (bicyclic) bond motifs is 1. The quantitative estimate of drug-likeness (QED) is 0.828. The first-order chi connectivity index (χ1) is 8.58. The highest BCUT2D eigenvalue weighted by Crippen LogP contribution is 2.28. The van der Waals surface area contributed by atoms with Crippen molar-refractivity contribution < 1.29 is 4.21 Å². The van der Waals surface area contributed by atoms with Crippen molar-refractivity contribution in [2.75, 3.05) is 23.1 Å². The second-order valence-electron chi connectivity index (χ2n) is 4.41. The topological polar surface area (TPSA) is 68.0 Å². The molecule has 1 aromatic heterocycles. The van der Waals surface area contributed by atoms with E-state index in [0.29, 0.717) is 11.4 Å². The van der Waals surface area contributed by atoms with Crippen LogP contribution in [0.25, 0.3) is 10.8 Å². The minimum absolute atomic E-state index is 0.123. The predicted molar refractivity (Wildman–Crippen MR) is 78.2 cm³/mol. The van der Waals surface area contributed by atoms with Gasteiger partial charge in [0.05, 0.1) is 11.4 Å². The smallest absolute Gasteiger partial charge is 0.0630 e. The van der Waals surface area contributed by atoms with Gasteiger partial charge in [-0.25, -0.2) is 0 Å². The van der Waals surface area contributed by atoms with Crippen LogP contribution in [0, 0.1) is 0 Å². The van der Waals surface area contributed by atoms with E-state index in [-0.39, 0.29) is 6.04 Å². The van der Waals surface area contributed by atoms with Gasteiger partial charge in [-0.05, 0) is 19.1 Å². The number of nitrogens with two attached hydrogens (primary N) is 1. The number of anilines is 2. The minimum Gasteiger partial charge on any atom is -0.397 e. The molecule has 0 aliphatic carbocycles. The Bertz CT molecular complexity index is 585. The summed E-state index contributed by atoms with van der Waals surface area (Å²) >= 11 is 0. The molecular formula is C13H17N3OS. The molecule has 0 fully saturated rings. The molecule has 2 atom stereocenters. The van der Waals surface area contributed by atoms with Gasteiger partial charge in [0.1, 0.15) is 0 Å². The number of aromatic nitrogens is 1. The van der Waals surface area contributed by atoms with E-state index in [4.69, 9.17) is 5.73 Å². The number of benzene rings is 1. The lowest BCUT2D eigenvalue weighted by atomic mass is 10.1. The molecule has 5 heteroatoms. The fraction of sp³-hybridized carbons (Fsp3) is 0.308. The van der Waals surface area contributed by atoms with Gasteiger partial charge in [-0.3, -0.25) is 9.19 Å². The van der Waals surface area contributed by atoms with E-state index < -0.39 is 10.8 Å². The van der Waals surface area contributed by atoms with Crippen LogP contribution in [0.4, 0.5) is 11.4 Å². The number of rotatable bonds is 4. The summed E-state index contributed by atoms with van der Waals surface area (Å²) in [5.41, 5.74) is 7.72. The Balaban J connectivity index is 2.29. The molecule has 0 saturated heterocycles. The van der Waals surface area contributed by atoms with E-state index in [9.17, 15) is 4.21 Å². The molecule has 0 amide bonds. The Morgan fingerprint density at radius 2 is 2.22 bits per heavy atom. The highest BCUT2D eigenvalue weighted by Gasteiger charge is 2.08. The molecule has 2 aromatic rings. The maximum Gasteiger partial charge on any atom is 0.0630 e. The van der Waals surface area contributed by atoms with E-state index in [0.717, 1.165) is 16.5 Å². The van der Waals surface area contributed by atoms with Gasteiger partial charge in [0.2, 0.25) is 0 Å². The molecule has 1 aromatic carbocycles. The maximum atomic E-state index is 11.2. The van der Waals surface area contributed by atoms with Crippen molar-refractivity contribution in [2.24, 2.45) is 0 Å². The van der Waals surface area contributed by atoms with Crippen molar-refractivity contribution in [1.82, 2.24) is 4.98 Å². The third kappa shape index (κ3) is 2.79. The van der Waals surface area contributed by atoms with Crippen LogP contribution in [-0.2, 0) is 10.8 Å². The zero-order chi connectivity index (χ0) is 13.1. The van der Waals surface area contributed by atoms with Crippen molar-refractivity contribution >= 4 is 32.9 Å². The first-order valence-electron chi connectivity index (χ1n) is 5.76.